The molecule has 0 unspecified atom stereocenters. The van der Waals surface area contributed by atoms with Gasteiger partial charge in [0.05, 0.1) is 5.56 Å². The summed E-state index contributed by atoms with van der Waals surface area (Å²) in [5, 5.41) is 15.1. The highest BCUT2D eigenvalue weighted by atomic mass is 16.2. The smallest absolute Gasteiger partial charge is 0.315 e. The number of carbonyl (C=O) groups excluding carboxylic acids is 1. The lowest BCUT2D eigenvalue weighted by Gasteiger charge is -2.34. The van der Waals surface area contributed by atoms with E-state index in [4.69, 9.17) is 5.26 Å². The molecule has 134 valence electrons. The lowest BCUT2D eigenvalue weighted by Crippen LogP contribution is -2.50. The molecule has 2 amide bonds. The van der Waals surface area contributed by atoms with Crippen molar-refractivity contribution >= 4 is 11.8 Å². The first kappa shape index (κ1) is 17.5. The molecule has 2 aliphatic rings. The quantitative estimate of drug-likeness (QED) is 0.886. The lowest BCUT2D eigenvalue weighted by molar-refractivity contribution is 0.222. The minimum Gasteiger partial charge on any atom is -0.356 e. The van der Waals surface area contributed by atoms with E-state index in [0.29, 0.717) is 11.6 Å². The molecule has 1 aromatic rings. The number of urea groups is 1. The molecule has 1 aliphatic heterocycles. The Balaban J connectivity index is 1.41. The van der Waals surface area contributed by atoms with Crippen molar-refractivity contribution in [2.75, 3.05) is 18.0 Å². The van der Waals surface area contributed by atoms with Gasteiger partial charge in [-0.2, -0.15) is 5.26 Å². The highest BCUT2D eigenvalue weighted by Crippen LogP contribution is 2.23. The first-order valence-corrected chi connectivity index (χ1v) is 9.32. The van der Waals surface area contributed by atoms with Gasteiger partial charge in [0.15, 0.2) is 0 Å². The highest BCUT2D eigenvalue weighted by molar-refractivity contribution is 5.74. The maximum absolute atomic E-state index is 12.2. The Kier molecular flexibility index (Phi) is 5.75. The van der Waals surface area contributed by atoms with Crippen molar-refractivity contribution in [2.45, 2.75) is 57.5 Å². The van der Waals surface area contributed by atoms with Crippen LogP contribution in [0.3, 0.4) is 0 Å². The predicted molar refractivity (Wildman–Crippen MR) is 97.3 cm³/mol. The van der Waals surface area contributed by atoms with E-state index < -0.39 is 0 Å². The molecule has 0 aromatic carbocycles. The molecule has 0 spiro atoms. The van der Waals surface area contributed by atoms with Crippen molar-refractivity contribution in [1.29, 1.82) is 5.26 Å². The van der Waals surface area contributed by atoms with Gasteiger partial charge in [-0.15, -0.1) is 0 Å². The summed E-state index contributed by atoms with van der Waals surface area (Å²) >= 11 is 0. The van der Waals surface area contributed by atoms with Gasteiger partial charge in [-0.1, -0.05) is 6.92 Å². The van der Waals surface area contributed by atoms with E-state index in [1.54, 1.807) is 12.3 Å². The summed E-state index contributed by atoms with van der Waals surface area (Å²) in [7, 11) is 0. The van der Waals surface area contributed by atoms with Crippen molar-refractivity contribution < 1.29 is 4.79 Å². The van der Waals surface area contributed by atoms with Crippen molar-refractivity contribution in [2.24, 2.45) is 5.92 Å². The average molecular weight is 341 g/mol. The van der Waals surface area contributed by atoms with E-state index in [9.17, 15) is 4.79 Å². The van der Waals surface area contributed by atoms with Gasteiger partial charge in [-0.25, -0.2) is 9.78 Å². The molecular formula is C19H27N5O. The summed E-state index contributed by atoms with van der Waals surface area (Å²) < 4.78 is 0. The molecule has 25 heavy (non-hydrogen) atoms. The lowest BCUT2D eigenvalue weighted by atomic mass is 9.87. The molecule has 2 heterocycles. The normalized spacial score (nSPS) is 24.4. The zero-order valence-corrected chi connectivity index (χ0v) is 14.9. The molecule has 0 atom stereocenters. The Bertz CT molecular complexity index is 608. The number of nitriles is 1. The monoisotopic (exact) mass is 341 g/mol. The number of piperidine rings is 1. The van der Waals surface area contributed by atoms with Gasteiger partial charge < -0.3 is 15.5 Å². The Morgan fingerprint density at radius 3 is 2.32 bits per heavy atom. The Morgan fingerprint density at radius 1 is 1.12 bits per heavy atom. The van der Waals surface area contributed by atoms with Crippen molar-refractivity contribution in [3.8, 4) is 6.07 Å². The van der Waals surface area contributed by atoms with E-state index in [2.05, 4.69) is 33.5 Å². The van der Waals surface area contributed by atoms with E-state index in [1.807, 2.05) is 6.07 Å². The fourth-order valence-corrected chi connectivity index (χ4v) is 3.71. The van der Waals surface area contributed by atoms with Gasteiger partial charge in [0.25, 0.3) is 0 Å². The molecule has 6 heteroatoms. The fraction of sp³-hybridized carbons (Fsp3) is 0.632. The Labute approximate surface area is 149 Å². The number of pyridine rings is 1. The topological polar surface area (TPSA) is 81.0 Å². The number of hydrogen-bond donors (Lipinski definition) is 2. The maximum Gasteiger partial charge on any atom is 0.315 e. The molecule has 2 fully saturated rings. The van der Waals surface area contributed by atoms with Gasteiger partial charge in [0.1, 0.15) is 11.9 Å². The van der Waals surface area contributed by atoms with Crippen LogP contribution in [0.2, 0.25) is 0 Å². The second-order valence-electron chi connectivity index (χ2n) is 7.35. The summed E-state index contributed by atoms with van der Waals surface area (Å²) in [6.45, 7) is 4.02. The fourth-order valence-electron chi connectivity index (χ4n) is 3.71. The summed E-state index contributed by atoms with van der Waals surface area (Å²) in [6.07, 6.45) is 8.04. The van der Waals surface area contributed by atoms with E-state index >= 15 is 0 Å². The summed E-state index contributed by atoms with van der Waals surface area (Å²) in [6, 6.07) is 6.31. The number of amides is 2. The minimum atomic E-state index is -0.0190. The van der Waals surface area contributed by atoms with Crippen LogP contribution in [0.25, 0.3) is 0 Å². The highest BCUT2D eigenvalue weighted by Gasteiger charge is 2.24. The van der Waals surface area contributed by atoms with E-state index in [-0.39, 0.29) is 12.1 Å². The molecule has 0 radical (unpaired) electrons. The molecule has 1 saturated heterocycles. The number of anilines is 1. The number of rotatable bonds is 3. The molecule has 6 nitrogen and oxygen atoms in total. The number of aromatic nitrogens is 1. The third kappa shape index (κ3) is 4.85. The van der Waals surface area contributed by atoms with Gasteiger partial charge in [-0.3, -0.25) is 0 Å². The van der Waals surface area contributed by atoms with Crippen LogP contribution in [0.1, 0.15) is 51.0 Å². The second kappa shape index (κ2) is 8.19. The van der Waals surface area contributed by atoms with Crippen molar-refractivity contribution in [1.82, 2.24) is 15.6 Å². The Morgan fingerprint density at radius 2 is 1.76 bits per heavy atom. The van der Waals surface area contributed by atoms with Crippen LogP contribution in [0, 0.1) is 17.2 Å². The van der Waals surface area contributed by atoms with Gasteiger partial charge >= 0.3 is 6.03 Å². The summed E-state index contributed by atoms with van der Waals surface area (Å²) in [5.74, 6) is 1.69. The largest absolute Gasteiger partial charge is 0.356 e. The number of nitrogens with one attached hydrogen (secondary N) is 2. The molecule has 3 rings (SSSR count). The zero-order chi connectivity index (χ0) is 17.6. The van der Waals surface area contributed by atoms with Crippen LogP contribution in [0.4, 0.5) is 10.6 Å². The summed E-state index contributed by atoms with van der Waals surface area (Å²) in [4.78, 5) is 18.8. The van der Waals surface area contributed by atoms with Gasteiger partial charge in [0, 0.05) is 31.4 Å². The van der Waals surface area contributed by atoms with Crippen LogP contribution < -0.4 is 15.5 Å². The van der Waals surface area contributed by atoms with Crippen LogP contribution >= 0.6 is 0 Å². The molecule has 2 N–H and O–H groups in total. The Hall–Kier alpha value is -2.29. The molecule has 1 saturated carbocycles. The average Bonchev–Trinajstić information content (AvgIpc) is 2.64. The third-order valence-electron chi connectivity index (χ3n) is 5.38. The summed E-state index contributed by atoms with van der Waals surface area (Å²) in [5.41, 5.74) is 0.578. The van der Waals surface area contributed by atoms with E-state index in [1.165, 1.54) is 12.8 Å². The zero-order valence-electron chi connectivity index (χ0n) is 14.9. The minimum absolute atomic E-state index is 0.0190. The SMILES string of the molecule is CC1CCC(NC(=O)NC2CCN(c3ccc(C#N)cn3)CC2)CC1. The van der Waals surface area contributed by atoms with Gasteiger partial charge in [0.2, 0.25) is 0 Å². The number of nitrogens with zero attached hydrogens (tertiary/aromatic N) is 3. The van der Waals surface area contributed by atoms with Crippen LogP contribution in [-0.2, 0) is 0 Å². The van der Waals surface area contributed by atoms with Crippen LogP contribution in [0.5, 0.6) is 0 Å². The van der Waals surface area contributed by atoms with Crippen LogP contribution in [-0.4, -0.2) is 36.2 Å². The standard InChI is InChI=1S/C19H27N5O/c1-14-2-5-16(6-3-14)22-19(25)23-17-8-10-24(11-9-17)18-7-4-15(12-20)13-21-18/h4,7,13-14,16-17H,2-3,5-6,8-11H2,1H3,(H2,22,23,25). The molecular weight excluding hydrogens is 314 g/mol. The van der Waals surface area contributed by atoms with Gasteiger partial charge in [-0.05, 0) is 56.6 Å². The molecule has 0 bridgehead atoms. The van der Waals surface area contributed by atoms with Crippen molar-refractivity contribution in [3.63, 3.8) is 0 Å². The molecule has 1 aliphatic carbocycles. The first-order chi connectivity index (χ1) is 12.1. The number of hydrogen-bond acceptors (Lipinski definition) is 4. The van der Waals surface area contributed by atoms with E-state index in [0.717, 1.165) is 50.5 Å². The number of carbonyl (C=O) groups is 1. The maximum atomic E-state index is 12.2. The molecule has 1 aromatic heterocycles. The second-order valence-corrected chi connectivity index (χ2v) is 7.35. The first-order valence-electron chi connectivity index (χ1n) is 9.32. The third-order valence-corrected chi connectivity index (χ3v) is 5.38. The van der Waals surface area contributed by atoms with Crippen LogP contribution in [0.15, 0.2) is 18.3 Å². The van der Waals surface area contributed by atoms with Crippen molar-refractivity contribution in [3.05, 3.63) is 23.9 Å². The predicted octanol–water partition coefficient (Wildman–Crippen LogP) is 2.80.